The quantitative estimate of drug-likeness (QED) is 0.484. The van der Waals surface area contributed by atoms with Crippen molar-refractivity contribution in [2.45, 2.75) is 58.7 Å². The highest BCUT2D eigenvalue weighted by molar-refractivity contribution is 6.01. The molecule has 0 radical (unpaired) electrons. The van der Waals surface area contributed by atoms with E-state index in [1.54, 1.807) is 65.8 Å². The lowest BCUT2D eigenvalue weighted by atomic mass is 9.97. The summed E-state index contributed by atoms with van der Waals surface area (Å²) in [6, 6.07) is 6.21. The molecule has 126 valence electrons. The van der Waals surface area contributed by atoms with Gasteiger partial charge in [-0.25, -0.2) is 0 Å². The molecule has 0 spiro atoms. The lowest BCUT2D eigenvalue weighted by molar-refractivity contribution is -0.169. The topological polar surface area (TPSA) is 69.7 Å². The van der Waals surface area contributed by atoms with Crippen LogP contribution in [0.3, 0.4) is 0 Å². The first-order valence-corrected chi connectivity index (χ1v) is 7.44. The summed E-state index contributed by atoms with van der Waals surface area (Å²) >= 11 is 0. The number of carbonyl (C=O) groups excluding carboxylic acids is 3. The minimum Gasteiger partial charge on any atom is -0.459 e. The van der Waals surface area contributed by atoms with Gasteiger partial charge in [0.2, 0.25) is 0 Å². The van der Waals surface area contributed by atoms with Gasteiger partial charge in [0.25, 0.3) is 0 Å². The van der Waals surface area contributed by atoms with E-state index in [1.165, 1.54) is 0 Å². The first-order valence-electron chi connectivity index (χ1n) is 7.44. The van der Waals surface area contributed by atoms with Crippen LogP contribution in [0.1, 0.15) is 63.4 Å². The van der Waals surface area contributed by atoms with Crippen molar-refractivity contribution in [2.24, 2.45) is 0 Å². The van der Waals surface area contributed by atoms with Gasteiger partial charge < -0.3 is 9.47 Å². The van der Waals surface area contributed by atoms with Crippen LogP contribution in [0.25, 0.3) is 0 Å². The molecule has 0 unspecified atom stereocenters. The van der Waals surface area contributed by atoms with Crippen LogP contribution in [0.5, 0.6) is 0 Å². The van der Waals surface area contributed by atoms with E-state index in [9.17, 15) is 14.4 Å². The van der Waals surface area contributed by atoms with E-state index >= 15 is 0 Å². The van der Waals surface area contributed by atoms with Gasteiger partial charge in [-0.3, -0.25) is 14.4 Å². The van der Waals surface area contributed by atoms with Crippen molar-refractivity contribution in [1.29, 1.82) is 0 Å². The van der Waals surface area contributed by atoms with Crippen LogP contribution >= 0.6 is 0 Å². The highest BCUT2D eigenvalue weighted by Crippen LogP contribution is 2.25. The van der Waals surface area contributed by atoms with E-state index in [-0.39, 0.29) is 0 Å². The average Bonchev–Trinajstić information content (AvgIpc) is 2.35. The van der Waals surface area contributed by atoms with E-state index in [0.717, 1.165) is 0 Å². The highest BCUT2D eigenvalue weighted by Gasteiger charge is 2.36. The molecule has 0 aromatic heterocycles. The Morgan fingerprint density at radius 3 is 1.57 bits per heavy atom. The molecule has 5 heteroatoms. The van der Waals surface area contributed by atoms with Gasteiger partial charge in [-0.05, 0) is 47.1 Å². The van der Waals surface area contributed by atoms with E-state index in [2.05, 4.69) is 0 Å². The number of rotatable bonds is 4. The van der Waals surface area contributed by atoms with Gasteiger partial charge in [0, 0.05) is 5.56 Å². The van der Waals surface area contributed by atoms with Crippen LogP contribution in [0.4, 0.5) is 0 Å². The van der Waals surface area contributed by atoms with Crippen molar-refractivity contribution in [3.05, 3.63) is 35.4 Å². The summed E-state index contributed by atoms with van der Waals surface area (Å²) < 4.78 is 10.7. The molecule has 0 amide bonds. The molecule has 23 heavy (non-hydrogen) atoms. The maximum absolute atomic E-state index is 12.4. The van der Waals surface area contributed by atoms with Gasteiger partial charge in [0.1, 0.15) is 17.5 Å². The summed E-state index contributed by atoms with van der Waals surface area (Å²) in [5.41, 5.74) is -0.555. The van der Waals surface area contributed by atoms with E-state index < -0.39 is 29.1 Å². The molecule has 0 saturated carbocycles. The molecule has 0 bridgehead atoms. The Balaban J connectivity index is 3.16. The zero-order valence-corrected chi connectivity index (χ0v) is 14.5. The number of carbonyl (C=O) groups is 3. The maximum Gasteiger partial charge on any atom is 0.325 e. The van der Waals surface area contributed by atoms with Crippen molar-refractivity contribution in [2.75, 3.05) is 0 Å². The first-order chi connectivity index (χ1) is 10.4. The molecule has 0 aliphatic carbocycles. The van der Waals surface area contributed by atoms with Crippen molar-refractivity contribution in [3.8, 4) is 0 Å². The molecule has 5 nitrogen and oxygen atoms in total. The second-order valence-electron chi connectivity index (χ2n) is 7.28. The van der Waals surface area contributed by atoms with Gasteiger partial charge in [-0.15, -0.1) is 0 Å². The van der Waals surface area contributed by atoms with Crippen LogP contribution in [0, 0.1) is 0 Å². The molecule has 1 rings (SSSR count). The second kappa shape index (κ2) is 6.94. The first kappa shape index (κ1) is 18.9. The van der Waals surface area contributed by atoms with Crippen molar-refractivity contribution in [3.63, 3.8) is 0 Å². The summed E-state index contributed by atoms with van der Waals surface area (Å²) in [6.07, 6.45) is 0.694. The minimum atomic E-state index is -1.19. The largest absolute Gasteiger partial charge is 0.459 e. The maximum atomic E-state index is 12.4. The third kappa shape index (κ3) is 6.22. The third-order valence-electron chi connectivity index (χ3n) is 2.69. The summed E-state index contributed by atoms with van der Waals surface area (Å²) in [5.74, 6) is -2.54. The van der Waals surface area contributed by atoms with E-state index in [1.807, 2.05) is 0 Å². The molecule has 0 saturated heterocycles. The number of hydrogen-bond acceptors (Lipinski definition) is 5. The van der Waals surface area contributed by atoms with Gasteiger partial charge in [0.15, 0.2) is 5.92 Å². The van der Waals surface area contributed by atoms with Crippen LogP contribution in [-0.2, 0) is 19.1 Å². The molecule has 1 aromatic rings. The van der Waals surface area contributed by atoms with E-state index in [4.69, 9.17) is 9.47 Å². The Hall–Kier alpha value is -2.17. The Kier molecular flexibility index (Phi) is 5.70. The summed E-state index contributed by atoms with van der Waals surface area (Å²) in [6.45, 7) is 10.4. The van der Waals surface area contributed by atoms with Crippen molar-refractivity contribution >= 4 is 18.2 Å². The Morgan fingerprint density at radius 1 is 0.870 bits per heavy atom. The van der Waals surface area contributed by atoms with Gasteiger partial charge in [-0.1, -0.05) is 24.3 Å². The van der Waals surface area contributed by atoms with Crippen molar-refractivity contribution < 1.29 is 23.9 Å². The molecular weight excluding hydrogens is 296 g/mol. The molecule has 0 N–H and O–H groups in total. The van der Waals surface area contributed by atoms with Crippen LogP contribution < -0.4 is 0 Å². The lowest BCUT2D eigenvalue weighted by Gasteiger charge is -2.26. The van der Waals surface area contributed by atoms with Crippen LogP contribution in [0.2, 0.25) is 0 Å². The molecule has 0 heterocycles. The third-order valence-corrected chi connectivity index (χ3v) is 2.69. The fraction of sp³-hybridized carbons (Fsp3) is 0.500. The monoisotopic (exact) mass is 320 g/mol. The predicted molar refractivity (Wildman–Crippen MR) is 86.3 cm³/mol. The molecular formula is C18H24O5. The number of aldehydes is 1. The second-order valence-corrected chi connectivity index (χ2v) is 7.28. The lowest BCUT2D eigenvalue weighted by Crippen LogP contribution is -2.35. The summed E-state index contributed by atoms with van der Waals surface area (Å²) in [5, 5.41) is 0. The smallest absolute Gasteiger partial charge is 0.325 e. The molecule has 0 fully saturated rings. The summed E-state index contributed by atoms with van der Waals surface area (Å²) in [7, 11) is 0. The van der Waals surface area contributed by atoms with Crippen LogP contribution in [0.15, 0.2) is 24.3 Å². The molecule has 0 atom stereocenters. The number of benzene rings is 1. The average molecular weight is 320 g/mol. The normalized spacial score (nSPS) is 12.0. The zero-order valence-electron chi connectivity index (χ0n) is 14.5. The molecule has 1 aromatic carbocycles. The Morgan fingerprint density at radius 2 is 1.26 bits per heavy atom. The van der Waals surface area contributed by atoms with E-state index in [0.29, 0.717) is 17.4 Å². The van der Waals surface area contributed by atoms with Crippen molar-refractivity contribution in [1.82, 2.24) is 0 Å². The predicted octanol–water partition coefficient (Wildman–Crippen LogP) is 3.27. The zero-order chi connectivity index (χ0) is 17.8. The standard InChI is InChI=1S/C18H24O5/c1-17(2,3)22-15(20)14(16(21)23-18(4,5)6)13-9-7-12(11-19)8-10-13/h7-11,14H,1-6H3. The fourth-order valence-corrected chi connectivity index (χ4v) is 1.86. The van der Waals surface area contributed by atoms with Gasteiger partial charge >= 0.3 is 11.9 Å². The molecule has 0 aliphatic rings. The fourth-order valence-electron chi connectivity index (χ4n) is 1.86. The minimum absolute atomic E-state index is 0.430. The van der Waals surface area contributed by atoms with Gasteiger partial charge in [-0.2, -0.15) is 0 Å². The number of esters is 2. The number of hydrogen-bond donors (Lipinski definition) is 0. The van der Waals surface area contributed by atoms with Gasteiger partial charge in [0.05, 0.1) is 0 Å². The highest BCUT2D eigenvalue weighted by atomic mass is 16.6. The number of ether oxygens (including phenoxy) is 2. The Bertz CT molecular complexity index is 545. The SMILES string of the molecule is CC(C)(C)OC(=O)C(C(=O)OC(C)(C)C)c1ccc(C=O)cc1. The summed E-state index contributed by atoms with van der Waals surface area (Å²) in [4.78, 5) is 35.6. The Labute approximate surface area is 137 Å². The molecule has 0 aliphatic heterocycles. The van der Waals surface area contributed by atoms with Crippen LogP contribution in [-0.4, -0.2) is 29.4 Å².